The molecule has 0 amide bonds. The Labute approximate surface area is 101 Å². The number of hydrogen-bond acceptors (Lipinski definition) is 3. The van der Waals surface area contributed by atoms with Crippen molar-refractivity contribution in [3.05, 3.63) is 29.8 Å². The van der Waals surface area contributed by atoms with E-state index in [9.17, 15) is 0 Å². The molecule has 1 aromatic carbocycles. The Morgan fingerprint density at radius 2 is 2.00 bits per heavy atom. The van der Waals surface area contributed by atoms with Crippen LogP contribution in [0.1, 0.15) is 18.4 Å². The molecule has 88 valence electrons. The molecule has 0 aliphatic carbocycles. The van der Waals surface area contributed by atoms with Crippen molar-refractivity contribution in [2.45, 2.75) is 19.3 Å². The Bertz CT molecular complexity index is 324. The quantitative estimate of drug-likeness (QED) is 0.561. The van der Waals surface area contributed by atoms with Crippen LogP contribution >= 0.6 is 12.2 Å². The Morgan fingerprint density at radius 1 is 1.31 bits per heavy atom. The molecule has 4 heteroatoms. The molecule has 0 spiro atoms. The van der Waals surface area contributed by atoms with Gasteiger partial charge in [0.15, 0.2) is 0 Å². The molecule has 16 heavy (non-hydrogen) atoms. The zero-order valence-electron chi connectivity index (χ0n) is 9.19. The van der Waals surface area contributed by atoms with Crippen LogP contribution in [0.2, 0.25) is 0 Å². The molecule has 0 unspecified atom stereocenters. The Balaban J connectivity index is 2.29. The van der Waals surface area contributed by atoms with Gasteiger partial charge in [-0.25, -0.2) is 0 Å². The van der Waals surface area contributed by atoms with Crippen LogP contribution in [0.4, 0.5) is 0 Å². The Morgan fingerprint density at radius 3 is 2.56 bits per heavy atom. The van der Waals surface area contributed by atoms with E-state index < -0.39 is 0 Å². The SMILES string of the molecule is NC(=S)CCCOc1ccc(CCO)cc1. The number of thiocarbonyl (C=S) groups is 1. The molecule has 0 aromatic heterocycles. The standard InChI is InChI=1S/C12H17NO2S/c13-12(16)2-1-9-15-11-5-3-10(4-6-11)7-8-14/h3-6,14H,1-2,7-9H2,(H2,13,16). The highest BCUT2D eigenvalue weighted by atomic mass is 32.1. The monoisotopic (exact) mass is 239 g/mol. The van der Waals surface area contributed by atoms with Crippen molar-refractivity contribution in [3.8, 4) is 5.75 Å². The predicted molar refractivity (Wildman–Crippen MR) is 68.7 cm³/mol. The lowest BCUT2D eigenvalue weighted by Gasteiger charge is -2.06. The highest BCUT2D eigenvalue weighted by molar-refractivity contribution is 7.80. The van der Waals surface area contributed by atoms with Gasteiger partial charge in [-0.1, -0.05) is 24.4 Å². The number of nitrogens with two attached hydrogens (primary N) is 1. The lowest BCUT2D eigenvalue weighted by molar-refractivity contribution is 0.299. The average Bonchev–Trinajstić information content (AvgIpc) is 2.27. The van der Waals surface area contributed by atoms with E-state index in [1.807, 2.05) is 24.3 Å². The molecule has 0 saturated carbocycles. The van der Waals surface area contributed by atoms with E-state index in [1.165, 1.54) is 0 Å². The smallest absolute Gasteiger partial charge is 0.119 e. The molecule has 0 atom stereocenters. The maximum atomic E-state index is 8.76. The molecule has 0 bridgehead atoms. The van der Waals surface area contributed by atoms with Gasteiger partial charge in [-0.3, -0.25) is 0 Å². The fourth-order valence-corrected chi connectivity index (χ4v) is 1.46. The second kappa shape index (κ2) is 7.19. The molecule has 0 aliphatic rings. The van der Waals surface area contributed by atoms with Crippen LogP contribution in [0.25, 0.3) is 0 Å². The van der Waals surface area contributed by atoms with Crippen LogP contribution in [0, 0.1) is 0 Å². The molecule has 3 N–H and O–H groups in total. The summed E-state index contributed by atoms with van der Waals surface area (Å²) in [4.78, 5) is 0.530. The van der Waals surface area contributed by atoms with Crippen molar-refractivity contribution in [3.63, 3.8) is 0 Å². The maximum absolute atomic E-state index is 8.76. The molecule has 0 radical (unpaired) electrons. The van der Waals surface area contributed by atoms with Crippen LogP contribution in [-0.2, 0) is 6.42 Å². The Hall–Kier alpha value is -1.13. The van der Waals surface area contributed by atoms with Crippen molar-refractivity contribution < 1.29 is 9.84 Å². The van der Waals surface area contributed by atoms with Gasteiger partial charge >= 0.3 is 0 Å². The van der Waals surface area contributed by atoms with Gasteiger partial charge < -0.3 is 15.6 Å². The summed E-state index contributed by atoms with van der Waals surface area (Å²) in [5.41, 5.74) is 6.49. The molecular formula is C12H17NO2S. The largest absolute Gasteiger partial charge is 0.494 e. The van der Waals surface area contributed by atoms with Gasteiger partial charge in [0.1, 0.15) is 5.75 Å². The van der Waals surface area contributed by atoms with Gasteiger partial charge in [-0.15, -0.1) is 0 Å². The summed E-state index contributed by atoms with van der Waals surface area (Å²) >= 11 is 4.77. The topological polar surface area (TPSA) is 55.5 Å². The first-order valence-electron chi connectivity index (χ1n) is 5.33. The first-order valence-corrected chi connectivity index (χ1v) is 5.74. The van der Waals surface area contributed by atoms with Crippen LogP contribution in [0.5, 0.6) is 5.75 Å². The van der Waals surface area contributed by atoms with Gasteiger partial charge in [0.05, 0.1) is 11.6 Å². The number of benzene rings is 1. The van der Waals surface area contributed by atoms with Crippen molar-refractivity contribution in [2.24, 2.45) is 5.73 Å². The summed E-state index contributed by atoms with van der Waals surface area (Å²) in [6, 6.07) is 7.73. The van der Waals surface area contributed by atoms with E-state index in [0.29, 0.717) is 18.0 Å². The van der Waals surface area contributed by atoms with Crippen molar-refractivity contribution in [1.82, 2.24) is 0 Å². The molecule has 3 nitrogen and oxygen atoms in total. The summed E-state index contributed by atoms with van der Waals surface area (Å²) in [5, 5.41) is 8.76. The number of aliphatic hydroxyl groups excluding tert-OH is 1. The predicted octanol–water partition coefficient (Wildman–Crippen LogP) is 1.67. The lowest BCUT2D eigenvalue weighted by Crippen LogP contribution is -2.09. The minimum Gasteiger partial charge on any atom is -0.494 e. The Kier molecular flexibility index (Phi) is 5.82. The zero-order valence-corrected chi connectivity index (χ0v) is 10.0. The summed E-state index contributed by atoms with van der Waals surface area (Å²) < 4.78 is 5.51. The third-order valence-electron chi connectivity index (χ3n) is 2.16. The third-order valence-corrected chi connectivity index (χ3v) is 2.36. The summed E-state index contributed by atoms with van der Waals surface area (Å²) in [5.74, 6) is 0.838. The van der Waals surface area contributed by atoms with E-state index in [2.05, 4.69) is 0 Å². The highest BCUT2D eigenvalue weighted by Crippen LogP contribution is 2.12. The van der Waals surface area contributed by atoms with Crippen molar-refractivity contribution in [2.75, 3.05) is 13.2 Å². The third kappa shape index (κ3) is 5.09. The summed E-state index contributed by atoms with van der Waals surface area (Å²) in [6.45, 7) is 0.796. The fourth-order valence-electron chi connectivity index (χ4n) is 1.32. The van der Waals surface area contributed by atoms with Crippen LogP contribution < -0.4 is 10.5 Å². The summed E-state index contributed by atoms with van der Waals surface area (Å²) in [7, 11) is 0. The molecule has 1 rings (SSSR count). The van der Waals surface area contributed by atoms with E-state index in [1.54, 1.807) is 0 Å². The van der Waals surface area contributed by atoms with Crippen LogP contribution in [0.15, 0.2) is 24.3 Å². The average molecular weight is 239 g/mol. The molecule has 0 saturated heterocycles. The van der Waals surface area contributed by atoms with E-state index in [4.69, 9.17) is 27.8 Å². The van der Waals surface area contributed by atoms with Crippen molar-refractivity contribution in [1.29, 1.82) is 0 Å². The highest BCUT2D eigenvalue weighted by Gasteiger charge is 1.96. The maximum Gasteiger partial charge on any atom is 0.119 e. The molecule has 1 aromatic rings. The molecular weight excluding hydrogens is 222 g/mol. The first-order chi connectivity index (χ1) is 7.72. The zero-order chi connectivity index (χ0) is 11.8. The van der Waals surface area contributed by atoms with Gasteiger partial charge in [-0.2, -0.15) is 0 Å². The van der Waals surface area contributed by atoms with Gasteiger partial charge in [0, 0.05) is 13.0 Å². The minimum atomic E-state index is 0.175. The second-order valence-corrected chi connectivity index (χ2v) is 4.06. The second-order valence-electron chi connectivity index (χ2n) is 3.54. The number of ether oxygens (including phenoxy) is 1. The van der Waals surface area contributed by atoms with Gasteiger partial charge in [0.2, 0.25) is 0 Å². The fraction of sp³-hybridized carbons (Fsp3) is 0.417. The first kappa shape index (κ1) is 12.9. The molecule has 0 fully saturated rings. The molecule has 0 aliphatic heterocycles. The van der Waals surface area contributed by atoms with E-state index in [0.717, 1.165) is 24.2 Å². The van der Waals surface area contributed by atoms with Crippen LogP contribution in [-0.4, -0.2) is 23.3 Å². The van der Waals surface area contributed by atoms with Gasteiger partial charge in [0.25, 0.3) is 0 Å². The normalized spacial score (nSPS) is 10.1. The lowest BCUT2D eigenvalue weighted by atomic mass is 10.1. The van der Waals surface area contributed by atoms with Crippen molar-refractivity contribution >= 4 is 17.2 Å². The van der Waals surface area contributed by atoms with E-state index >= 15 is 0 Å². The number of hydrogen-bond donors (Lipinski definition) is 2. The summed E-state index contributed by atoms with van der Waals surface area (Å²) in [6.07, 6.45) is 2.24. The number of rotatable bonds is 7. The number of aliphatic hydroxyl groups is 1. The molecule has 0 heterocycles. The van der Waals surface area contributed by atoms with E-state index in [-0.39, 0.29) is 6.61 Å². The van der Waals surface area contributed by atoms with Crippen LogP contribution in [0.3, 0.4) is 0 Å². The van der Waals surface area contributed by atoms with Gasteiger partial charge in [-0.05, 0) is 30.5 Å². The minimum absolute atomic E-state index is 0.175.